The fourth-order valence-corrected chi connectivity index (χ4v) is 4.48. The van der Waals surface area contributed by atoms with Gasteiger partial charge in [0.1, 0.15) is 36.2 Å². The normalized spacial score (nSPS) is 11.6. The van der Waals surface area contributed by atoms with Gasteiger partial charge in [0, 0.05) is 0 Å². The molecule has 0 saturated carbocycles. The van der Waals surface area contributed by atoms with Crippen molar-refractivity contribution < 1.29 is 29.2 Å². The molecule has 1 unspecified atom stereocenters. The average molecular weight is 557 g/mol. The first kappa shape index (κ1) is 30.0. The zero-order chi connectivity index (χ0) is 28.7. The third-order valence-electron chi connectivity index (χ3n) is 6.66. The van der Waals surface area contributed by atoms with Crippen LogP contribution in [0.15, 0.2) is 97.1 Å². The van der Waals surface area contributed by atoms with E-state index in [0.29, 0.717) is 19.8 Å². The van der Waals surface area contributed by atoms with Gasteiger partial charge >= 0.3 is 0 Å². The summed E-state index contributed by atoms with van der Waals surface area (Å²) in [5.74, 6) is 3.26. The van der Waals surface area contributed by atoms with Crippen molar-refractivity contribution in [2.75, 3.05) is 33.0 Å². The highest BCUT2D eigenvalue weighted by Gasteiger charge is 2.06. The number of hydrogen-bond donors (Lipinski definition) is 2. The van der Waals surface area contributed by atoms with Crippen LogP contribution in [0.25, 0.3) is 22.3 Å². The van der Waals surface area contributed by atoms with Crippen LogP contribution in [-0.2, 0) is 0 Å². The molecule has 0 aliphatic heterocycles. The van der Waals surface area contributed by atoms with Crippen molar-refractivity contribution in [1.29, 1.82) is 0 Å². The molecule has 0 radical (unpaired) electrons. The maximum atomic E-state index is 8.88. The van der Waals surface area contributed by atoms with E-state index in [1.807, 2.05) is 72.8 Å². The topological polar surface area (TPSA) is 77.4 Å². The van der Waals surface area contributed by atoms with Crippen LogP contribution in [0.2, 0.25) is 0 Å². The Labute approximate surface area is 243 Å². The van der Waals surface area contributed by atoms with Crippen LogP contribution in [0.5, 0.6) is 23.0 Å². The zero-order valence-corrected chi connectivity index (χ0v) is 23.7. The Morgan fingerprint density at radius 1 is 0.463 bits per heavy atom. The minimum Gasteiger partial charge on any atom is -0.494 e. The molecule has 2 N–H and O–H groups in total. The van der Waals surface area contributed by atoms with Gasteiger partial charge in [-0.25, -0.2) is 0 Å². The molecule has 0 amide bonds. The summed E-state index contributed by atoms with van der Waals surface area (Å²) in [5.41, 5.74) is 4.45. The molecule has 0 spiro atoms. The van der Waals surface area contributed by atoms with Crippen LogP contribution < -0.4 is 18.9 Å². The van der Waals surface area contributed by atoms with Gasteiger partial charge in [0.2, 0.25) is 0 Å². The zero-order valence-electron chi connectivity index (χ0n) is 23.7. The van der Waals surface area contributed by atoms with Crippen LogP contribution >= 0.6 is 0 Å². The molecule has 1 atom stereocenters. The number of benzene rings is 4. The Morgan fingerprint density at radius 3 is 1.22 bits per heavy atom. The lowest BCUT2D eigenvalue weighted by Crippen LogP contribution is -2.11. The van der Waals surface area contributed by atoms with Gasteiger partial charge in [-0.05, 0) is 103 Å². The van der Waals surface area contributed by atoms with Gasteiger partial charge in [0.05, 0.1) is 25.9 Å². The fourth-order valence-electron chi connectivity index (χ4n) is 4.48. The van der Waals surface area contributed by atoms with Gasteiger partial charge in [-0.3, -0.25) is 0 Å². The molecule has 4 aromatic rings. The second-order valence-corrected chi connectivity index (χ2v) is 9.87. The van der Waals surface area contributed by atoms with E-state index in [0.717, 1.165) is 70.9 Å². The van der Waals surface area contributed by atoms with Crippen molar-refractivity contribution in [2.45, 2.75) is 38.7 Å². The minimum absolute atomic E-state index is 0.00796. The van der Waals surface area contributed by atoms with Crippen molar-refractivity contribution in [3.05, 3.63) is 97.1 Å². The maximum Gasteiger partial charge on any atom is 0.119 e. The molecule has 0 saturated heterocycles. The van der Waals surface area contributed by atoms with Crippen LogP contribution in [0.4, 0.5) is 0 Å². The van der Waals surface area contributed by atoms with Gasteiger partial charge in [-0.15, -0.1) is 0 Å². The Hall–Kier alpha value is -4.00. The minimum atomic E-state index is 0.00796. The van der Waals surface area contributed by atoms with Crippen molar-refractivity contribution in [2.24, 2.45) is 0 Å². The van der Waals surface area contributed by atoms with Crippen LogP contribution in [-0.4, -0.2) is 49.4 Å². The second-order valence-electron chi connectivity index (χ2n) is 9.87. The molecule has 0 heterocycles. The number of rotatable bonds is 17. The molecule has 216 valence electrons. The largest absolute Gasteiger partial charge is 0.494 e. The lowest BCUT2D eigenvalue weighted by Gasteiger charge is -2.15. The highest BCUT2D eigenvalue weighted by molar-refractivity contribution is 5.65. The SMILES string of the molecule is CC(CCCCCOc1ccc(-c2ccc(OCCO)cc2)cc1)Oc1ccc(-c2ccc(OCCO)cc2)cc1. The first-order valence-electron chi connectivity index (χ1n) is 14.3. The van der Waals surface area contributed by atoms with E-state index in [2.05, 4.69) is 31.2 Å². The number of ether oxygens (including phenoxy) is 4. The monoisotopic (exact) mass is 556 g/mol. The summed E-state index contributed by atoms with van der Waals surface area (Å²) < 4.78 is 22.9. The number of hydrogen-bond acceptors (Lipinski definition) is 6. The number of aliphatic hydroxyl groups excluding tert-OH is 2. The Bertz CT molecular complexity index is 1270. The van der Waals surface area contributed by atoms with E-state index in [1.165, 1.54) is 0 Å². The van der Waals surface area contributed by atoms with Crippen molar-refractivity contribution >= 4 is 0 Å². The lowest BCUT2D eigenvalue weighted by molar-refractivity contribution is 0.201. The summed E-state index contributed by atoms with van der Waals surface area (Å²) in [6, 6.07) is 32.0. The summed E-state index contributed by atoms with van der Waals surface area (Å²) in [6.45, 7) is 3.43. The summed E-state index contributed by atoms with van der Waals surface area (Å²) in [6.07, 6.45) is 4.32. The first-order chi connectivity index (χ1) is 20.1. The first-order valence-corrected chi connectivity index (χ1v) is 14.3. The molecule has 0 bridgehead atoms. The highest BCUT2D eigenvalue weighted by atomic mass is 16.5. The molecule has 0 aromatic heterocycles. The molecule has 0 aliphatic carbocycles. The van der Waals surface area contributed by atoms with E-state index < -0.39 is 0 Å². The molecule has 0 aliphatic rings. The van der Waals surface area contributed by atoms with Crippen LogP contribution in [0.1, 0.15) is 32.6 Å². The molecule has 0 fully saturated rings. The maximum absolute atomic E-state index is 8.88. The predicted molar refractivity (Wildman–Crippen MR) is 163 cm³/mol. The Kier molecular flexibility index (Phi) is 11.9. The number of aliphatic hydroxyl groups is 2. The molecule has 4 rings (SSSR count). The molecule has 41 heavy (non-hydrogen) atoms. The van der Waals surface area contributed by atoms with Crippen LogP contribution in [0, 0.1) is 0 Å². The summed E-state index contributed by atoms with van der Waals surface area (Å²) in [4.78, 5) is 0. The van der Waals surface area contributed by atoms with Gasteiger partial charge < -0.3 is 29.2 Å². The molecular weight excluding hydrogens is 516 g/mol. The van der Waals surface area contributed by atoms with E-state index in [9.17, 15) is 0 Å². The molecular formula is C35H40O6. The highest BCUT2D eigenvalue weighted by Crippen LogP contribution is 2.26. The van der Waals surface area contributed by atoms with Crippen LogP contribution in [0.3, 0.4) is 0 Å². The summed E-state index contributed by atoms with van der Waals surface area (Å²) in [7, 11) is 0. The summed E-state index contributed by atoms with van der Waals surface area (Å²) >= 11 is 0. The van der Waals surface area contributed by atoms with Gasteiger partial charge in [-0.2, -0.15) is 0 Å². The fraction of sp³-hybridized carbons (Fsp3) is 0.314. The molecule has 6 nitrogen and oxygen atoms in total. The standard InChI is InChI=1S/C35H40O6/c1-27(41-35-20-12-31(13-21-35)30-10-18-34(19-11-30)40-26-23-37)5-3-2-4-24-38-32-14-6-28(7-15-32)29-8-16-33(17-9-29)39-25-22-36/h6-21,27,36-37H,2-5,22-26H2,1H3. The Balaban J connectivity index is 1.11. The van der Waals surface area contributed by atoms with Gasteiger partial charge in [-0.1, -0.05) is 48.5 Å². The smallest absolute Gasteiger partial charge is 0.119 e. The van der Waals surface area contributed by atoms with E-state index in [1.54, 1.807) is 0 Å². The lowest BCUT2D eigenvalue weighted by atomic mass is 10.1. The third-order valence-corrected chi connectivity index (χ3v) is 6.66. The van der Waals surface area contributed by atoms with E-state index >= 15 is 0 Å². The second kappa shape index (κ2) is 16.3. The van der Waals surface area contributed by atoms with Gasteiger partial charge in [0.25, 0.3) is 0 Å². The van der Waals surface area contributed by atoms with E-state index in [-0.39, 0.29) is 19.3 Å². The molecule has 6 heteroatoms. The van der Waals surface area contributed by atoms with E-state index in [4.69, 9.17) is 29.2 Å². The van der Waals surface area contributed by atoms with Crippen molar-refractivity contribution in [3.63, 3.8) is 0 Å². The average Bonchev–Trinajstić information content (AvgIpc) is 3.02. The predicted octanol–water partition coefficient (Wildman–Crippen LogP) is 7.17. The Morgan fingerprint density at radius 2 is 0.829 bits per heavy atom. The third kappa shape index (κ3) is 9.85. The molecule has 4 aromatic carbocycles. The van der Waals surface area contributed by atoms with Crippen molar-refractivity contribution in [1.82, 2.24) is 0 Å². The van der Waals surface area contributed by atoms with Crippen molar-refractivity contribution in [3.8, 4) is 45.3 Å². The number of unbranched alkanes of at least 4 members (excludes halogenated alkanes) is 2. The summed E-state index contributed by atoms with van der Waals surface area (Å²) in [5, 5.41) is 17.7. The quantitative estimate of drug-likeness (QED) is 0.134. The van der Waals surface area contributed by atoms with Gasteiger partial charge in [0.15, 0.2) is 0 Å².